The average molecular weight is 558 g/mol. The number of anilines is 2. The summed E-state index contributed by atoms with van der Waals surface area (Å²) in [6.07, 6.45) is -0.345. The van der Waals surface area contributed by atoms with Gasteiger partial charge in [-0.15, -0.1) is 21.5 Å². The van der Waals surface area contributed by atoms with Crippen molar-refractivity contribution in [1.82, 2.24) is 35.0 Å². The van der Waals surface area contributed by atoms with Gasteiger partial charge in [0.1, 0.15) is 16.3 Å². The van der Waals surface area contributed by atoms with E-state index in [0.29, 0.717) is 37.1 Å². The van der Waals surface area contributed by atoms with Crippen molar-refractivity contribution in [3.05, 3.63) is 52.7 Å². The third kappa shape index (κ3) is 5.00. The van der Waals surface area contributed by atoms with E-state index >= 15 is 0 Å². The molecule has 2 aliphatic rings. The third-order valence-corrected chi connectivity index (χ3v) is 8.01. The maximum atomic E-state index is 13.4. The number of carbonyl (C=O) groups is 1. The first kappa shape index (κ1) is 25.5. The Bertz CT molecular complexity index is 1500. The summed E-state index contributed by atoms with van der Waals surface area (Å²) in [5.41, 5.74) is 0.365. The molecule has 1 saturated heterocycles. The van der Waals surface area contributed by atoms with Gasteiger partial charge in [-0.1, -0.05) is 19.4 Å². The molecule has 1 N–H and O–H groups in total. The minimum atomic E-state index is -4.55. The topological polar surface area (TPSA) is 105 Å². The first-order valence-electron chi connectivity index (χ1n) is 12.8. The quantitative estimate of drug-likeness (QED) is 0.383. The Morgan fingerprint density at radius 3 is 2.79 bits per heavy atom. The van der Waals surface area contributed by atoms with Crippen molar-refractivity contribution >= 4 is 39.2 Å². The van der Waals surface area contributed by atoms with Crippen LogP contribution in [0.3, 0.4) is 0 Å². The first-order chi connectivity index (χ1) is 18.8. The van der Waals surface area contributed by atoms with E-state index in [4.69, 9.17) is 9.97 Å². The van der Waals surface area contributed by atoms with E-state index in [0.717, 1.165) is 34.0 Å². The smallest absolute Gasteiger partial charge is 0.347 e. The molecule has 1 atom stereocenters. The third-order valence-electron chi connectivity index (χ3n) is 6.92. The lowest BCUT2D eigenvalue weighted by molar-refractivity contribution is -0.147. The van der Waals surface area contributed by atoms with E-state index in [1.54, 1.807) is 35.7 Å². The van der Waals surface area contributed by atoms with Crippen LogP contribution in [0.1, 0.15) is 46.8 Å². The Hall–Kier alpha value is -3.81. The lowest BCUT2D eigenvalue weighted by Crippen LogP contribution is -2.38. The van der Waals surface area contributed by atoms with Gasteiger partial charge in [-0.3, -0.25) is 9.78 Å². The van der Waals surface area contributed by atoms with Crippen molar-refractivity contribution in [3.8, 4) is 0 Å². The maximum absolute atomic E-state index is 13.4. The van der Waals surface area contributed by atoms with Crippen LogP contribution in [-0.2, 0) is 25.7 Å². The van der Waals surface area contributed by atoms with Crippen molar-refractivity contribution in [2.24, 2.45) is 0 Å². The first-order valence-corrected chi connectivity index (χ1v) is 13.6. The zero-order chi connectivity index (χ0) is 27.1. The molecule has 204 valence electrons. The summed E-state index contributed by atoms with van der Waals surface area (Å²) in [5.74, 6) is 0.279. The number of hydrogen-bond acceptors (Lipinski definition) is 9. The number of pyridine rings is 1. The number of nitrogens with zero attached hydrogens (tertiary/aromatic N) is 8. The molecule has 0 spiro atoms. The van der Waals surface area contributed by atoms with E-state index in [-0.39, 0.29) is 30.9 Å². The largest absolute Gasteiger partial charge is 0.451 e. The van der Waals surface area contributed by atoms with Gasteiger partial charge in [0, 0.05) is 43.3 Å². The fraction of sp³-hybridized carbons (Fsp3) is 0.440. The van der Waals surface area contributed by atoms with Crippen LogP contribution < -0.4 is 15.1 Å². The number of nitrogens with one attached hydrogen (secondary N) is 1. The van der Waals surface area contributed by atoms with Gasteiger partial charge in [-0.05, 0) is 31.0 Å². The number of halogens is 3. The molecule has 0 bridgehead atoms. The summed E-state index contributed by atoms with van der Waals surface area (Å²) < 4.78 is 41.2. The summed E-state index contributed by atoms with van der Waals surface area (Å²) >= 11 is 1.61. The average Bonchev–Trinajstić information content (AvgIpc) is 3.66. The van der Waals surface area contributed by atoms with Crippen LogP contribution in [0.25, 0.3) is 10.2 Å². The Morgan fingerprint density at radius 2 is 2.03 bits per heavy atom. The molecule has 14 heteroatoms. The SMILES string of the molecule is CCCc1cc2c(N3CCn4c(nnc4C(F)(F)F)C3)nc(N3CC[C@H](NC(=O)c4ccccn4)C3)nc2s1. The molecule has 0 aliphatic carbocycles. The molecule has 0 unspecified atom stereocenters. The Kier molecular flexibility index (Phi) is 6.57. The molecule has 4 aromatic rings. The molecule has 0 radical (unpaired) electrons. The normalized spacial score (nSPS) is 17.6. The van der Waals surface area contributed by atoms with Gasteiger partial charge in [-0.25, -0.2) is 4.98 Å². The highest BCUT2D eigenvalue weighted by Gasteiger charge is 2.40. The highest BCUT2D eigenvalue weighted by Crippen LogP contribution is 2.36. The van der Waals surface area contributed by atoms with Crippen molar-refractivity contribution in [1.29, 1.82) is 0 Å². The monoisotopic (exact) mass is 557 g/mol. The number of fused-ring (bicyclic) bond motifs is 2. The molecule has 10 nitrogen and oxygen atoms in total. The maximum Gasteiger partial charge on any atom is 0.451 e. The van der Waals surface area contributed by atoms with Gasteiger partial charge in [0.05, 0.1) is 11.9 Å². The van der Waals surface area contributed by atoms with Crippen molar-refractivity contribution in [2.45, 2.75) is 51.5 Å². The van der Waals surface area contributed by atoms with Crippen molar-refractivity contribution < 1.29 is 18.0 Å². The summed E-state index contributed by atoms with van der Waals surface area (Å²) in [7, 11) is 0. The van der Waals surface area contributed by atoms with Crippen LogP contribution in [0.15, 0.2) is 30.5 Å². The van der Waals surface area contributed by atoms with Crippen molar-refractivity contribution in [2.75, 3.05) is 29.4 Å². The molecule has 39 heavy (non-hydrogen) atoms. The molecule has 0 saturated carbocycles. The van der Waals surface area contributed by atoms with Crippen LogP contribution in [0.4, 0.5) is 24.9 Å². The van der Waals surface area contributed by atoms with Gasteiger partial charge in [0.2, 0.25) is 11.8 Å². The number of amides is 1. The molecule has 4 aromatic heterocycles. The van der Waals surface area contributed by atoms with E-state index in [2.05, 4.69) is 33.5 Å². The second-order valence-electron chi connectivity index (χ2n) is 9.66. The number of alkyl halides is 3. The minimum Gasteiger partial charge on any atom is -0.347 e. The van der Waals surface area contributed by atoms with Crippen LogP contribution in [0.2, 0.25) is 0 Å². The summed E-state index contributed by atoms with van der Waals surface area (Å²) in [4.78, 5) is 32.5. The molecule has 0 aromatic carbocycles. The number of rotatable bonds is 6. The molecule has 6 rings (SSSR count). The fourth-order valence-electron chi connectivity index (χ4n) is 5.06. The second-order valence-corrected chi connectivity index (χ2v) is 10.8. The van der Waals surface area contributed by atoms with Crippen molar-refractivity contribution in [3.63, 3.8) is 0 Å². The highest BCUT2D eigenvalue weighted by atomic mass is 32.1. The van der Waals surface area contributed by atoms with Crippen LogP contribution in [0, 0.1) is 0 Å². The van der Waals surface area contributed by atoms with Gasteiger partial charge in [0.15, 0.2) is 5.82 Å². The number of hydrogen-bond donors (Lipinski definition) is 1. The number of aryl methyl sites for hydroxylation is 1. The number of aromatic nitrogens is 6. The summed E-state index contributed by atoms with van der Waals surface area (Å²) in [6, 6.07) is 7.21. The van der Waals surface area contributed by atoms with E-state index in [1.165, 1.54) is 4.88 Å². The zero-order valence-corrected chi connectivity index (χ0v) is 22.0. The van der Waals surface area contributed by atoms with Crippen LogP contribution in [0.5, 0.6) is 0 Å². The van der Waals surface area contributed by atoms with E-state index in [9.17, 15) is 18.0 Å². The highest BCUT2D eigenvalue weighted by molar-refractivity contribution is 7.18. The molecule has 6 heterocycles. The Morgan fingerprint density at radius 1 is 1.15 bits per heavy atom. The molecular weight excluding hydrogens is 531 g/mol. The Balaban J connectivity index is 1.27. The number of carbonyl (C=O) groups excluding carboxylic acids is 1. The lowest BCUT2D eigenvalue weighted by atomic mass is 10.2. The molecule has 2 aliphatic heterocycles. The van der Waals surface area contributed by atoms with Crippen LogP contribution >= 0.6 is 11.3 Å². The van der Waals surface area contributed by atoms with Crippen LogP contribution in [-0.4, -0.2) is 61.3 Å². The predicted molar refractivity (Wildman–Crippen MR) is 140 cm³/mol. The summed E-state index contributed by atoms with van der Waals surface area (Å²) in [5, 5.41) is 11.2. The van der Waals surface area contributed by atoms with E-state index in [1.807, 2.05) is 9.80 Å². The van der Waals surface area contributed by atoms with E-state index < -0.39 is 12.0 Å². The minimum absolute atomic E-state index is 0.0874. The molecular formula is C25H26F3N9OS. The lowest BCUT2D eigenvalue weighted by Gasteiger charge is -2.30. The van der Waals surface area contributed by atoms with Gasteiger partial charge < -0.3 is 19.7 Å². The van der Waals surface area contributed by atoms with Gasteiger partial charge in [-0.2, -0.15) is 18.2 Å². The fourth-order valence-corrected chi connectivity index (χ4v) is 6.18. The zero-order valence-electron chi connectivity index (χ0n) is 21.1. The summed E-state index contributed by atoms with van der Waals surface area (Å²) in [6.45, 7) is 3.92. The van der Waals surface area contributed by atoms with Gasteiger partial charge in [0.25, 0.3) is 5.91 Å². The second kappa shape index (κ2) is 10.1. The number of thiophene rings is 1. The standard InChI is InChI=1S/C25H26F3N9OS/c1-2-5-16-12-17-20(35-10-11-37-19(14-35)33-34-23(37)25(26,27)28)31-24(32-22(17)39-16)36-9-7-15(13-36)30-21(38)18-6-3-4-8-29-18/h3-4,6,8,12,15H,2,5,7,9-11,13-14H2,1H3,(H,30,38)/t15-/m0/s1. The molecule has 1 fully saturated rings. The van der Waals surface area contributed by atoms with Gasteiger partial charge >= 0.3 is 6.18 Å². The molecule has 1 amide bonds. The Labute approximate surface area is 225 Å². The predicted octanol–water partition coefficient (Wildman–Crippen LogP) is 3.68.